The number of thioether (sulfide) groups is 2. The molecule has 3 fully saturated rings. The fraction of sp³-hybridized carbons (Fsp3) is 0.438. The molecule has 2 aliphatic heterocycles. The van der Waals surface area contributed by atoms with Crippen LogP contribution in [-0.2, 0) is 0 Å². The van der Waals surface area contributed by atoms with E-state index in [1.165, 1.54) is 56.4 Å². The first kappa shape index (κ1) is 26.0. The molecule has 0 spiro atoms. The Morgan fingerprint density at radius 2 is 1.17 bits per heavy atom. The molecule has 9 rings (SSSR count). The van der Waals surface area contributed by atoms with Gasteiger partial charge in [-0.15, -0.1) is 23.5 Å². The van der Waals surface area contributed by atoms with E-state index in [0.717, 1.165) is 21.6 Å². The molecule has 2 aromatic heterocycles. The standard InChI is InChI=1S/C32H30N2O4S4/c1-37-15-7-3-13(4-8-15)21-24-17-11-19(26(24)40-30-27(21)41-32(36)34-30)23-18(17)12-20-25(23)22(14-5-9-16(38-2)10-6-14)28-29(39-20)33-31(35)42-28/h3-10,17-26H,11-12H2,1-2H3,(H,33,35)(H,34,36)/t17-,18-,19-,20-,21-,22+,23+,24+,25+,26+/m0/s1. The lowest BCUT2D eigenvalue weighted by Gasteiger charge is -2.46. The summed E-state index contributed by atoms with van der Waals surface area (Å²) in [6, 6.07) is 17.1. The highest BCUT2D eigenvalue weighted by molar-refractivity contribution is 8.00. The van der Waals surface area contributed by atoms with Gasteiger partial charge in [-0.25, -0.2) is 0 Å². The molecule has 5 aliphatic rings. The Bertz CT molecular complexity index is 1790. The third-order valence-electron chi connectivity index (χ3n) is 10.8. The molecule has 3 saturated carbocycles. The molecule has 0 radical (unpaired) electrons. The van der Waals surface area contributed by atoms with Crippen LogP contribution in [0.15, 0.2) is 68.2 Å². The molecule has 6 nitrogen and oxygen atoms in total. The molecule has 2 aromatic carbocycles. The monoisotopic (exact) mass is 634 g/mol. The number of fused-ring (bicyclic) bond motifs is 12. The fourth-order valence-electron chi connectivity index (χ4n) is 9.56. The van der Waals surface area contributed by atoms with Crippen LogP contribution in [0.3, 0.4) is 0 Å². The molecule has 0 saturated heterocycles. The lowest BCUT2D eigenvalue weighted by molar-refractivity contribution is 0.148. The third kappa shape index (κ3) is 3.64. The fourth-order valence-corrected chi connectivity index (χ4v) is 15.2. The zero-order valence-corrected chi connectivity index (χ0v) is 26.3. The summed E-state index contributed by atoms with van der Waals surface area (Å²) >= 11 is 6.70. The van der Waals surface area contributed by atoms with E-state index in [-0.39, 0.29) is 21.6 Å². The van der Waals surface area contributed by atoms with E-state index in [4.69, 9.17) is 9.47 Å². The van der Waals surface area contributed by atoms with Gasteiger partial charge in [-0.05, 0) is 83.7 Å². The molecule has 3 aliphatic carbocycles. The van der Waals surface area contributed by atoms with Crippen molar-refractivity contribution in [2.24, 2.45) is 35.5 Å². The summed E-state index contributed by atoms with van der Waals surface area (Å²) in [7, 11) is 3.42. The zero-order valence-electron chi connectivity index (χ0n) is 23.1. The Morgan fingerprint density at radius 1 is 0.643 bits per heavy atom. The van der Waals surface area contributed by atoms with Gasteiger partial charge in [-0.2, -0.15) is 0 Å². The topological polar surface area (TPSA) is 84.2 Å². The Hall–Kier alpha value is -2.40. The zero-order chi connectivity index (χ0) is 28.3. The summed E-state index contributed by atoms with van der Waals surface area (Å²) in [6.45, 7) is 0. The van der Waals surface area contributed by atoms with Gasteiger partial charge >= 0.3 is 9.75 Å². The highest BCUT2D eigenvalue weighted by atomic mass is 32.2. The first-order valence-electron chi connectivity index (χ1n) is 14.6. The average molecular weight is 635 g/mol. The van der Waals surface area contributed by atoms with Crippen molar-refractivity contribution in [3.63, 3.8) is 0 Å². The molecule has 2 N–H and O–H groups in total. The Labute approximate surface area is 259 Å². The number of aromatic amines is 2. The van der Waals surface area contributed by atoms with Crippen LogP contribution in [0.5, 0.6) is 11.5 Å². The van der Waals surface area contributed by atoms with Gasteiger partial charge in [0, 0.05) is 32.1 Å². The molecular weight excluding hydrogens is 605 g/mol. The highest BCUT2D eigenvalue weighted by Gasteiger charge is 2.68. The summed E-state index contributed by atoms with van der Waals surface area (Å²) in [5.41, 5.74) is 2.59. The summed E-state index contributed by atoms with van der Waals surface area (Å²) in [5.74, 6) is 5.70. The van der Waals surface area contributed by atoms with Crippen molar-refractivity contribution in [3.8, 4) is 11.5 Å². The first-order chi connectivity index (χ1) is 20.5. The summed E-state index contributed by atoms with van der Waals surface area (Å²) < 4.78 is 11.0. The van der Waals surface area contributed by atoms with E-state index in [1.807, 2.05) is 23.5 Å². The van der Waals surface area contributed by atoms with E-state index in [2.05, 4.69) is 58.5 Å². The number of benzene rings is 2. The molecular formula is C32H30N2O4S4. The molecule has 2 bridgehead atoms. The molecule has 10 atom stereocenters. The minimum absolute atomic E-state index is 0.0506. The number of methoxy groups -OCH3 is 2. The number of thiazole rings is 2. The van der Waals surface area contributed by atoms with E-state index < -0.39 is 0 Å². The molecule has 0 unspecified atom stereocenters. The van der Waals surface area contributed by atoms with E-state index >= 15 is 0 Å². The predicted octanol–water partition coefficient (Wildman–Crippen LogP) is 6.63. The van der Waals surface area contributed by atoms with Crippen molar-refractivity contribution in [1.82, 2.24) is 9.97 Å². The number of hydrogen-bond acceptors (Lipinski definition) is 8. The maximum atomic E-state index is 12.7. The smallest absolute Gasteiger partial charge is 0.305 e. The second-order valence-corrected chi connectivity index (χ2v) is 16.8. The quantitative estimate of drug-likeness (QED) is 0.262. The second kappa shape index (κ2) is 9.55. The number of ether oxygens (including phenoxy) is 2. The van der Waals surface area contributed by atoms with Crippen LogP contribution in [0.2, 0.25) is 0 Å². The molecule has 0 amide bonds. The van der Waals surface area contributed by atoms with Crippen LogP contribution in [0.4, 0.5) is 0 Å². The Balaban J connectivity index is 1.14. The normalized spacial score (nSPS) is 35.2. The third-order valence-corrected chi connectivity index (χ3v) is 15.9. The number of nitrogens with one attached hydrogen (secondary N) is 2. The lowest BCUT2D eigenvalue weighted by Crippen LogP contribution is -2.42. The van der Waals surface area contributed by atoms with Crippen LogP contribution < -0.4 is 19.2 Å². The van der Waals surface area contributed by atoms with Crippen LogP contribution in [0.1, 0.15) is 45.6 Å². The van der Waals surface area contributed by atoms with Gasteiger partial charge in [-0.3, -0.25) is 9.59 Å². The van der Waals surface area contributed by atoms with Crippen LogP contribution >= 0.6 is 46.2 Å². The first-order valence-corrected chi connectivity index (χ1v) is 18.0. The van der Waals surface area contributed by atoms with Crippen LogP contribution in [0.25, 0.3) is 0 Å². The van der Waals surface area contributed by atoms with Gasteiger partial charge < -0.3 is 19.4 Å². The number of rotatable bonds is 4. The van der Waals surface area contributed by atoms with Crippen molar-refractivity contribution in [2.45, 2.75) is 45.2 Å². The second-order valence-electron chi connectivity index (χ2n) is 12.4. The summed E-state index contributed by atoms with van der Waals surface area (Å²) in [4.78, 5) is 34.2. The van der Waals surface area contributed by atoms with Gasteiger partial charge in [0.1, 0.15) is 11.5 Å². The van der Waals surface area contributed by atoms with Gasteiger partial charge in [0.15, 0.2) is 0 Å². The van der Waals surface area contributed by atoms with Crippen LogP contribution in [0, 0.1) is 35.5 Å². The van der Waals surface area contributed by atoms with Crippen molar-refractivity contribution in [1.29, 1.82) is 0 Å². The largest absolute Gasteiger partial charge is 0.497 e. The number of aromatic nitrogens is 2. The van der Waals surface area contributed by atoms with Gasteiger partial charge in [-0.1, -0.05) is 46.9 Å². The minimum Gasteiger partial charge on any atom is -0.497 e. The Kier molecular flexibility index (Phi) is 5.92. The molecule has 4 aromatic rings. The number of hydrogen-bond donors (Lipinski definition) is 2. The SMILES string of the molecule is COc1ccc([C@H]2c3sc(=O)[nH]c3S[C@H]3C[C@H]4[C@@H]5C[C@H]([C@H]6Sc7[nH]c(=O)sc7[C@@H](c7ccc(OC)cc7)[C@@H]56)[C@@H]4[C@@H]23)cc1. The molecule has 4 heterocycles. The summed E-state index contributed by atoms with van der Waals surface area (Å²) in [5, 5.41) is 3.14. The molecule has 10 heteroatoms. The van der Waals surface area contributed by atoms with E-state index in [1.54, 1.807) is 14.2 Å². The minimum atomic E-state index is 0.0506. The van der Waals surface area contributed by atoms with E-state index in [0.29, 0.717) is 46.0 Å². The average Bonchev–Trinajstić information content (AvgIpc) is 3.81. The van der Waals surface area contributed by atoms with Crippen molar-refractivity contribution in [3.05, 3.63) is 88.7 Å². The highest BCUT2D eigenvalue weighted by Crippen LogP contribution is 2.74. The van der Waals surface area contributed by atoms with Crippen molar-refractivity contribution in [2.75, 3.05) is 14.2 Å². The van der Waals surface area contributed by atoms with Gasteiger partial charge in [0.2, 0.25) is 0 Å². The maximum absolute atomic E-state index is 12.7. The predicted molar refractivity (Wildman–Crippen MR) is 169 cm³/mol. The van der Waals surface area contributed by atoms with Crippen molar-refractivity contribution < 1.29 is 9.47 Å². The Morgan fingerprint density at radius 3 is 1.74 bits per heavy atom. The van der Waals surface area contributed by atoms with E-state index in [9.17, 15) is 9.59 Å². The van der Waals surface area contributed by atoms with Crippen molar-refractivity contribution >= 4 is 46.2 Å². The van der Waals surface area contributed by atoms with Gasteiger partial charge in [0.25, 0.3) is 0 Å². The molecule has 216 valence electrons. The van der Waals surface area contributed by atoms with Gasteiger partial charge in [0.05, 0.1) is 24.3 Å². The number of H-pyrrole nitrogens is 2. The lowest BCUT2D eigenvalue weighted by atomic mass is 9.65. The van der Waals surface area contributed by atoms with Crippen LogP contribution in [-0.4, -0.2) is 34.7 Å². The summed E-state index contributed by atoms with van der Waals surface area (Å²) in [6.07, 6.45) is 2.47. The maximum Gasteiger partial charge on any atom is 0.305 e. The molecule has 42 heavy (non-hydrogen) atoms.